The lowest BCUT2D eigenvalue weighted by molar-refractivity contribution is 0.329. The molecular formula is C12H18ClNO. The van der Waals surface area contributed by atoms with Crippen LogP contribution in [0.1, 0.15) is 56.1 Å². The van der Waals surface area contributed by atoms with Crippen LogP contribution in [0.2, 0.25) is 0 Å². The molecular weight excluding hydrogens is 210 g/mol. The third kappa shape index (κ3) is 2.97. The van der Waals surface area contributed by atoms with Gasteiger partial charge in [0.05, 0.1) is 6.20 Å². The van der Waals surface area contributed by atoms with Crippen molar-refractivity contribution in [3.05, 3.63) is 17.8 Å². The maximum Gasteiger partial charge on any atom is 0.212 e. The van der Waals surface area contributed by atoms with Gasteiger partial charge >= 0.3 is 0 Å². The average molecular weight is 228 g/mol. The van der Waals surface area contributed by atoms with Crippen LogP contribution in [-0.2, 0) is 6.42 Å². The van der Waals surface area contributed by atoms with Crippen LogP contribution in [0.3, 0.4) is 0 Å². The largest absolute Gasteiger partial charge is 0.444 e. The summed E-state index contributed by atoms with van der Waals surface area (Å²) >= 11 is 5.90. The van der Waals surface area contributed by atoms with Gasteiger partial charge in [-0.2, -0.15) is 0 Å². The summed E-state index contributed by atoms with van der Waals surface area (Å²) in [4.78, 5) is 4.18. The highest BCUT2D eigenvalue weighted by atomic mass is 35.5. The maximum atomic E-state index is 5.90. The number of nitrogens with zero attached hydrogens (tertiary/aromatic N) is 1. The smallest absolute Gasteiger partial charge is 0.212 e. The first kappa shape index (κ1) is 11.0. The van der Waals surface area contributed by atoms with E-state index in [0.717, 1.165) is 18.1 Å². The first-order chi connectivity index (χ1) is 7.25. The zero-order valence-electron chi connectivity index (χ0n) is 9.21. The zero-order valence-corrected chi connectivity index (χ0v) is 9.96. The Morgan fingerprint density at radius 3 is 2.80 bits per heavy atom. The van der Waals surface area contributed by atoms with Crippen molar-refractivity contribution in [2.24, 2.45) is 5.92 Å². The van der Waals surface area contributed by atoms with Gasteiger partial charge in [-0.05, 0) is 12.8 Å². The van der Waals surface area contributed by atoms with Crippen molar-refractivity contribution < 1.29 is 4.42 Å². The standard InChI is InChI=1S/C12H18ClNO/c1-9(13)12-14-8-11(15-12)7-10-5-3-2-4-6-10/h8-10H,2-7H2,1H3. The van der Waals surface area contributed by atoms with E-state index in [-0.39, 0.29) is 5.38 Å². The van der Waals surface area contributed by atoms with E-state index in [2.05, 4.69) is 4.98 Å². The SMILES string of the molecule is CC(Cl)c1ncc(CC2CCCCC2)o1. The minimum absolute atomic E-state index is 0.120. The van der Waals surface area contributed by atoms with Gasteiger partial charge in [-0.3, -0.25) is 0 Å². The number of rotatable bonds is 3. The van der Waals surface area contributed by atoms with Gasteiger partial charge < -0.3 is 4.42 Å². The topological polar surface area (TPSA) is 26.0 Å². The van der Waals surface area contributed by atoms with Gasteiger partial charge in [0.25, 0.3) is 0 Å². The van der Waals surface area contributed by atoms with Crippen molar-refractivity contribution in [3.8, 4) is 0 Å². The molecule has 0 bridgehead atoms. The number of oxazole rings is 1. The Bertz CT molecular complexity index is 302. The van der Waals surface area contributed by atoms with Gasteiger partial charge in [0.15, 0.2) is 0 Å². The molecule has 1 aliphatic rings. The van der Waals surface area contributed by atoms with E-state index in [1.807, 2.05) is 13.1 Å². The number of hydrogen-bond acceptors (Lipinski definition) is 2. The number of alkyl halides is 1. The second kappa shape index (κ2) is 5.02. The first-order valence-electron chi connectivity index (χ1n) is 5.84. The molecule has 0 amide bonds. The minimum atomic E-state index is -0.120. The zero-order chi connectivity index (χ0) is 10.7. The summed E-state index contributed by atoms with van der Waals surface area (Å²) in [6, 6.07) is 0. The molecule has 2 nitrogen and oxygen atoms in total. The van der Waals surface area contributed by atoms with Crippen LogP contribution in [0.4, 0.5) is 0 Å². The molecule has 3 heteroatoms. The molecule has 1 fully saturated rings. The average Bonchev–Trinajstić information content (AvgIpc) is 2.68. The van der Waals surface area contributed by atoms with Crippen LogP contribution in [0.25, 0.3) is 0 Å². The monoisotopic (exact) mass is 227 g/mol. The number of aromatic nitrogens is 1. The molecule has 0 N–H and O–H groups in total. The lowest BCUT2D eigenvalue weighted by Gasteiger charge is -2.19. The highest BCUT2D eigenvalue weighted by molar-refractivity contribution is 6.20. The molecule has 1 aromatic rings. The summed E-state index contributed by atoms with van der Waals surface area (Å²) in [7, 11) is 0. The fourth-order valence-corrected chi connectivity index (χ4v) is 2.38. The fourth-order valence-electron chi connectivity index (χ4n) is 2.28. The first-order valence-corrected chi connectivity index (χ1v) is 6.28. The fraction of sp³-hybridized carbons (Fsp3) is 0.750. The molecule has 0 spiro atoms. The Hall–Kier alpha value is -0.500. The molecule has 1 unspecified atom stereocenters. The van der Waals surface area contributed by atoms with Crippen LogP contribution in [0.15, 0.2) is 10.6 Å². The van der Waals surface area contributed by atoms with Crippen molar-refractivity contribution in [3.63, 3.8) is 0 Å². The Morgan fingerprint density at radius 2 is 2.20 bits per heavy atom. The van der Waals surface area contributed by atoms with E-state index in [4.69, 9.17) is 16.0 Å². The van der Waals surface area contributed by atoms with Crippen LogP contribution in [0, 0.1) is 5.92 Å². The summed E-state index contributed by atoms with van der Waals surface area (Å²) in [5.41, 5.74) is 0. The third-order valence-corrected chi connectivity index (χ3v) is 3.31. The van der Waals surface area contributed by atoms with Gasteiger partial charge in [-0.25, -0.2) is 4.98 Å². The van der Waals surface area contributed by atoms with Gasteiger partial charge in [-0.1, -0.05) is 32.1 Å². The van der Waals surface area contributed by atoms with Crippen LogP contribution in [0.5, 0.6) is 0 Å². The summed E-state index contributed by atoms with van der Waals surface area (Å²) in [5, 5.41) is -0.120. The van der Waals surface area contributed by atoms with Crippen LogP contribution in [-0.4, -0.2) is 4.98 Å². The molecule has 1 aliphatic carbocycles. The van der Waals surface area contributed by atoms with Gasteiger partial charge in [0.2, 0.25) is 5.89 Å². The molecule has 1 aromatic heterocycles. The van der Waals surface area contributed by atoms with Crippen molar-refractivity contribution in [2.45, 2.75) is 50.8 Å². The molecule has 1 saturated carbocycles. The minimum Gasteiger partial charge on any atom is -0.444 e. The molecule has 84 valence electrons. The van der Waals surface area contributed by atoms with Crippen LogP contribution >= 0.6 is 11.6 Å². The molecule has 1 atom stereocenters. The summed E-state index contributed by atoms with van der Waals surface area (Å²) in [6.07, 6.45) is 9.70. The highest BCUT2D eigenvalue weighted by Gasteiger charge is 2.17. The third-order valence-electron chi connectivity index (χ3n) is 3.13. The predicted molar refractivity (Wildman–Crippen MR) is 61.1 cm³/mol. The number of halogens is 1. The second-order valence-electron chi connectivity index (χ2n) is 4.49. The van der Waals surface area contributed by atoms with Gasteiger partial charge in [0, 0.05) is 6.42 Å². The van der Waals surface area contributed by atoms with Crippen molar-refractivity contribution in [2.75, 3.05) is 0 Å². The second-order valence-corrected chi connectivity index (χ2v) is 5.14. The Balaban J connectivity index is 1.91. The Kier molecular flexibility index (Phi) is 3.68. The lowest BCUT2D eigenvalue weighted by Crippen LogP contribution is -2.08. The number of hydrogen-bond donors (Lipinski definition) is 0. The lowest BCUT2D eigenvalue weighted by atomic mass is 9.86. The van der Waals surface area contributed by atoms with E-state index < -0.39 is 0 Å². The normalized spacial score (nSPS) is 20.4. The summed E-state index contributed by atoms with van der Waals surface area (Å²) < 4.78 is 5.60. The molecule has 0 radical (unpaired) electrons. The molecule has 15 heavy (non-hydrogen) atoms. The molecule has 1 heterocycles. The maximum absolute atomic E-state index is 5.90. The Labute approximate surface area is 96.0 Å². The Morgan fingerprint density at radius 1 is 1.47 bits per heavy atom. The molecule has 2 rings (SSSR count). The molecule has 0 aromatic carbocycles. The predicted octanol–water partition coefficient (Wildman–Crippen LogP) is 4.10. The van der Waals surface area contributed by atoms with Crippen LogP contribution < -0.4 is 0 Å². The van der Waals surface area contributed by atoms with Crippen molar-refractivity contribution in [1.29, 1.82) is 0 Å². The van der Waals surface area contributed by atoms with E-state index in [1.54, 1.807) is 0 Å². The summed E-state index contributed by atoms with van der Waals surface area (Å²) in [5.74, 6) is 2.46. The van der Waals surface area contributed by atoms with Gasteiger partial charge in [-0.15, -0.1) is 11.6 Å². The van der Waals surface area contributed by atoms with E-state index in [9.17, 15) is 0 Å². The van der Waals surface area contributed by atoms with Crippen molar-refractivity contribution in [1.82, 2.24) is 4.98 Å². The summed E-state index contributed by atoms with van der Waals surface area (Å²) in [6.45, 7) is 1.89. The molecule has 0 aliphatic heterocycles. The van der Waals surface area contributed by atoms with Crippen molar-refractivity contribution >= 4 is 11.6 Å². The molecule has 0 saturated heterocycles. The quantitative estimate of drug-likeness (QED) is 0.727. The van der Waals surface area contributed by atoms with E-state index in [1.165, 1.54) is 32.1 Å². The van der Waals surface area contributed by atoms with Gasteiger partial charge in [0.1, 0.15) is 11.1 Å². The van der Waals surface area contributed by atoms with E-state index in [0.29, 0.717) is 5.89 Å². The highest BCUT2D eigenvalue weighted by Crippen LogP contribution is 2.28. The van der Waals surface area contributed by atoms with E-state index >= 15 is 0 Å².